The van der Waals surface area contributed by atoms with Crippen LogP contribution in [0.15, 0.2) is 30.3 Å². The number of amides is 1. The second-order valence-electron chi connectivity index (χ2n) is 10.7. The van der Waals surface area contributed by atoms with Crippen molar-refractivity contribution in [1.29, 1.82) is 5.26 Å². The Kier molecular flexibility index (Phi) is 9.16. The Morgan fingerprint density at radius 3 is 2.47 bits per heavy atom. The predicted octanol–water partition coefficient (Wildman–Crippen LogP) is 6.16. The lowest BCUT2D eigenvalue weighted by Crippen LogP contribution is -2.43. The molecule has 0 spiro atoms. The second-order valence-corrected chi connectivity index (χ2v) is 11.1. The van der Waals surface area contributed by atoms with E-state index in [1.807, 2.05) is 20.8 Å². The van der Waals surface area contributed by atoms with Gasteiger partial charge in [0.05, 0.1) is 29.8 Å². The molecular weight excluding hydrogens is 506 g/mol. The third-order valence-corrected chi connectivity index (χ3v) is 7.62. The van der Waals surface area contributed by atoms with Crippen LogP contribution in [0.4, 0.5) is 5.69 Å². The number of aliphatic carboxylic acids is 1. The van der Waals surface area contributed by atoms with Gasteiger partial charge >= 0.3 is 5.97 Å². The minimum Gasteiger partial charge on any atom is -0.496 e. The van der Waals surface area contributed by atoms with Crippen molar-refractivity contribution in [3.8, 4) is 17.6 Å². The number of hydrogen-bond donors (Lipinski definition) is 3. The Bertz CT molecular complexity index is 1230. The minimum absolute atomic E-state index is 0.186. The van der Waals surface area contributed by atoms with Gasteiger partial charge in [-0.05, 0) is 77.1 Å². The first-order valence-electron chi connectivity index (χ1n) is 12.8. The number of nitrogens with one attached hydrogen (secondary N) is 2. The van der Waals surface area contributed by atoms with E-state index >= 15 is 0 Å². The van der Waals surface area contributed by atoms with Gasteiger partial charge in [0, 0.05) is 34.4 Å². The normalized spacial score (nSPS) is 19.2. The summed E-state index contributed by atoms with van der Waals surface area (Å²) in [5.74, 6) is -0.0808. The SMILES string of the molecule is CCC(C)(C)NC(=O)c1ccc(Cl)cc1NCc1cc(OC2CCC(C)(C(=O)O)CC2)c(C#N)cc1OC. The highest BCUT2D eigenvalue weighted by atomic mass is 35.5. The van der Waals surface area contributed by atoms with E-state index in [0.717, 1.165) is 12.0 Å². The molecule has 0 bridgehead atoms. The highest BCUT2D eigenvalue weighted by molar-refractivity contribution is 6.31. The molecule has 1 saturated carbocycles. The number of hydrogen-bond acceptors (Lipinski definition) is 6. The zero-order valence-electron chi connectivity index (χ0n) is 22.6. The van der Waals surface area contributed by atoms with Crippen LogP contribution in [-0.2, 0) is 11.3 Å². The van der Waals surface area contributed by atoms with Crippen LogP contribution in [0.3, 0.4) is 0 Å². The number of nitrogens with zero attached hydrogens (tertiary/aromatic N) is 1. The average molecular weight is 542 g/mol. The van der Waals surface area contributed by atoms with Gasteiger partial charge in [-0.25, -0.2) is 0 Å². The standard InChI is InChI=1S/C29H36ClN3O5/c1-6-28(2,3)33-26(34)22-8-7-20(30)15-23(22)32-17-19-14-25(18(16-31)13-24(19)37-5)38-21-9-11-29(4,12-10-21)27(35)36/h7-8,13-15,21,32H,6,9-12,17H2,1-5H3,(H,33,34)(H,35,36). The van der Waals surface area contributed by atoms with E-state index in [4.69, 9.17) is 21.1 Å². The van der Waals surface area contributed by atoms with Crippen molar-refractivity contribution in [3.63, 3.8) is 0 Å². The molecule has 8 nitrogen and oxygen atoms in total. The number of carboxylic acids is 1. The minimum atomic E-state index is -0.793. The molecule has 2 aromatic rings. The quantitative estimate of drug-likeness (QED) is 0.329. The number of nitriles is 1. The maximum atomic E-state index is 13.0. The maximum Gasteiger partial charge on any atom is 0.309 e. The summed E-state index contributed by atoms with van der Waals surface area (Å²) in [6.07, 6.45) is 2.78. The van der Waals surface area contributed by atoms with E-state index in [1.54, 1.807) is 37.3 Å². The molecule has 9 heteroatoms. The van der Waals surface area contributed by atoms with Crippen molar-refractivity contribution in [2.24, 2.45) is 5.41 Å². The molecule has 1 aliphatic rings. The van der Waals surface area contributed by atoms with Gasteiger partial charge in [-0.1, -0.05) is 18.5 Å². The summed E-state index contributed by atoms with van der Waals surface area (Å²) in [6, 6.07) is 10.6. The van der Waals surface area contributed by atoms with Crippen molar-refractivity contribution in [2.45, 2.75) is 78.0 Å². The van der Waals surface area contributed by atoms with E-state index in [1.165, 1.54) is 7.11 Å². The van der Waals surface area contributed by atoms with Crippen molar-refractivity contribution in [3.05, 3.63) is 52.0 Å². The van der Waals surface area contributed by atoms with Gasteiger partial charge in [0.15, 0.2) is 0 Å². The fraction of sp³-hybridized carbons (Fsp3) is 0.483. The van der Waals surface area contributed by atoms with Gasteiger partial charge in [-0.2, -0.15) is 5.26 Å². The number of rotatable bonds is 10. The fourth-order valence-corrected chi connectivity index (χ4v) is 4.54. The van der Waals surface area contributed by atoms with Crippen LogP contribution in [-0.4, -0.2) is 35.7 Å². The van der Waals surface area contributed by atoms with Crippen LogP contribution in [0.2, 0.25) is 5.02 Å². The lowest BCUT2D eigenvalue weighted by Gasteiger charge is -2.34. The highest BCUT2D eigenvalue weighted by Crippen LogP contribution is 2.39. The van der Waals surface area contributed by atoms with Crippen molar-refractivity contribution >= 4 is 29.2 Å². The van der Waals surface area contributed by atoms with Crippen LogP contribution < -0.4 is 20.1 Å². The summed E-state index contributed by atoms with van der Waals surface area (Å²) in [4.78, 5) is 24.6. The Labute approximate surface area is 229 Å². The zero-order chi connectivity index (χ0) is 28.1. The molecule has 0 saturated heterocycles. The second kappa shape index (κ2) is 12.0. The molecule has 0 unspecified atom stereocenters. The van der Waals surface area contributed by atoms with Crippen molar-refractivity contribution in [1.82, 2.24) is 5.32 Å². The smallest absolute Gasteiger partial charge is 0.309 e. The number of carbonyl (C=O) groups excluding carboxylic acids is 1. The molecule has 0 aromatic heterocycles. The molecule has 1 amide bonds. The summed E-state index contributed by atoms with van der Waals surface area (Å²) in [5.41, 5.74) is 0.979. The van der Waals surface area contributed by atoms with Crippen LogP contribution in [0.5, 0.6) is 11.5 Å². The summed E-state index contributed by atoms with van der Waals surface area (Å²) in [5, 5.41) is 26.1. The maximum absolute atomic E-state index is 13.0. The number of carbonyl (C=O) groups is 2. The Morgan fingerprint density at radius 2 is 1.89 bits per heavy atom. The molecule has 0 aliphatic heterocycles. The van der Waals surface area contributed by atoms with Crippen molar-refractivity contribution in [2.75, 3.05) is 12.4 Å². The lowest BCUT2D eigenvalue weighted by atomic mass is 9.75. The predicted molar refractivity (Wildman–Crippen MR) is 147 cm³/mol. The first-order chi connectivity index (χ1) is 17.9. The largest absolute Gasteiger partial charge is 0.496 e. The van der Waals surface area contributed by atoms with Gasteiger partial charge in [0.2, 0.25) is 0 Å². The Balaban J connectivity index is 1.83. The number of anilines is 1. The summed E-state index contributed by atoms with van der Waals surface area (Å²) in [7, 11) is 1.53. The summed E-state index contributed by atoms with van der Waals surface area (Å²) < 4.78 is 11.7. The first kappa shape index (κ1) is 29.1. The summed E-state index contributed by atoms with van der Waals surface area (Å²) >= 11 is 6.25. The monoisotopic (exact) mass is 541 g/mol. The van der Waals surface area contributed by atoms with Gasteiger partial charge in [-0.3, -0.25) is 9.59 Å². The Hall–Kier alpha value is -3.44. The molecule has 0 radical (unpaired) electrons. The van der Waals surface area contributed by atoms with Crippen molar-refractivity contribution < 1.29 is 24.2 Å². The van der Waals surface area contributed by atoms with E-state index in [0.29, 0.717) is 59.0 Å². The molecule has 204 valence electrons. The van der Waals surface area contributed by atoms with Crippen LogP contribution in [0, 0.1) is 16.7 Å². The lowest BCUT2D eigenvalue weighted by molar-refractivity contribution is -0.150. The van der Waals surface area contributed by atoms with E-state index < -0.39 is 11.4 Å². The number of ether oxygens (including phenoxy) is 2. The zero-order valence-corrected chi connectivity index (χ0v) is 23.4. The molecule has 3 rings (SSSR count). The summed E-state index contributed by atoms with van der Waals surface area (Å²) in [6.45, 7) is 7.98. The molecule has 2 aromatic carbocycles. The van der Waals surface area contributed by atoms with Crippen LogP contribution in [0.1, 0.15) is 81.3 Å². The average Bonchev–Trinajstić information content (AvgIpc) is 2.88. The molecule has 0 heterocycles. The number of methoxy groups -OCH3 is 1. The third-order valence-electron chi connectivity index (χ3n) is 7.38. The molecule has 3 N–H and O–H groups in total. The third kappa shape index (κ3) is 6.90. The van der Waals surface area contributed by atoms with E-state index in [9.17, 15) is 20.0 Å². The number of benzene rings is 2. The van der Waals surface area contributed by atoms with Gasteiger partial charge in [0.1, 0.15) is 17.6 Å². The van der Waals surface area contributed by atoms with Gasteiger partial charge in [-0.15, -0.1) is 0 Å². The molecule has 0 atom stereocenters. The van der Waals surface area contributed by atoms with Gasteiger partial charge < -0.3 is 25.2 Å². The number of halogens is 1. The first-order valence-corrected chi connectivity index (χ1v) is 13.2. The Morgan fingerprint density at radius 1 is 1.21 bits per heavy atom. The van der Waals surface area contributed by atoms with E-state index in [2.05, 4.69) is 16.7 Å². The topological polar surface area (TPSA) is 121 Å². The molecule has 1 fully saturated rings. The molecule has 1 aliphatic carbocycles. The van der Waals surface area contributed by atoms with Crippen LogP contribution in [0.25, 0.3) is 0 Å². The van der Waals surface area contributed by atoms with E-state index in [-0.39, 0.29) is 24.1 Å². The molecular formula is C29H36ClN3O5. The van der Waals surface area contributed by atoms with Crippen LogP contribution >= 0.6 is 11.6 Å². The molecule has 38 heavy (non-hydrogen) atoms. The highest BCUT2D eigenvalue weighted by Gasteiger charge is 2.38. The van der Waals surface area contributed by atoms with Gasteiger partial charge in [0.25, 0.3) is 5.91 Å². The fourth-order valence-electron chi connectivity index (χ4n) is 4.37. The number of carboxylic acid groups (broad SMARTS) is 1.